The maximum atomic E-state index is 12.7. The summed E-state index contributed by atoms with van der Waals surface area (Å²) in [5.74, 6) is 6.24. The topological polar surface area (TPSA) is 87.0 Å². The molecule has 1 heterocycles. The summed E-state index contributed by atoms with van der Waals surface area (Å²) in [4.78, 5) is 12.7. The quantitative estimate of drug-likeness (QED) is 0.135. The van der Waals surface area contributed by atoms with Gasteiger partial charge in [-0.2, -0.15) is 0 Å². The van der Waals surface area contributed by atoms with Gasteiger partial charge in [-0.25, -0.2) is 0 Å². The Labute approximate surface area is 259 Å². The Balaban J connectivity index is 1.70. The normalized spacial score (nSPS) is 37.6. The van der Waals surface area contributed by atoms with Crippen LogP contribution in [0.5, 0.6) is 0 Å². The van der Waals surface area contributed by atoms with Crippen molar-refractivity contribution in [3.63, 3.8) is 0 Å². The first kappa shape index (κ1) is 33.7. The van der Waals surface area contributed by atoms with Crippen LogP contribution in [0.3, 0.4) is 0 Å². The fourth-order valence-corrected chi connectivity index (χ4v) is 8.53. The summed E-state index contributed by atoms with van der Waals surface area (Å²) in [6.45, 7) is 8.93. The van der Waals surface area contributed by atoms with Crippen molar-refractivity contribution < 1.29 is 24.9 Å². The summed E-state index contributed by atoms with van der Waals surface area (Å²) in [7, 11) is 0. The SMILES string of the molecule is C=C1/C=C/C=C(\[C@H]2CC[C@@]3([C@H](CCCO)/C(=C(/C=O)C4CCCCC4)CC[C@@]3(C)O)[C@@H]2O)COCC#CC/C(C)=C/CC1. The Morgan fingerprint density at radius 3 is 2.70 bits per heavy atom. The number of hydrogen-bond donors (Lipinski definition) is 3. The van der Waals surface area contributed by atoms with Crippen LogP contribution in [0.2, 0.25) is 0 Å². The van der Waals surface area contributed by atoms with Gasteiger partial charge in [-0.1, -0.05) is 78.7 Å². The van der Waals surface area contributed by atoms with E-state index in [-0.39, 0.29) is 24.4 Å². The number of aliphatic hydroxyl groups is 3. The first-order valence-electron chi connectivity index (χ1n) is 16.7. The van der Waals surface area contributed by atoms with E-state index in [0.29, 0.717) is 45.3 Å². The van der Waals surface area contributed by atoms with Crippen molar-refractivity contribution in [1.82, 2.24) is 0 Å². The molecule has 0 amide bonds. The van der Waals surface area contributed by atoms with Crippen LogP contribution in [0.1, 0.15) is 104 Å². The predicted octanol–water partition coefficient (Wildman–Crippen LogP) is 6.94. The number of carbonyl (C=O) groups excluding carboxylic acids is 1. The number of rotatable bonds is 6. The summed E-state index contributed by atoms with van der Waals surface area (Å²) >= 11 is 0. The summed E-state index contributed by atoms with van der Waals surface area (Å²) < 4.78 is 6.04. The second-order valence-corrected chi connectivity index (χ2v) is 13.6. The average molecular weight is 591 g/mol. The molecule has 43 heavy (non-hydrogen) atoms. The maximum absolute atomic E-state index is 12.7. The third-order valence-corrected chi connectivity index (χ3v) is 10.9. The zero-order valence-corrected chi connectivity index (χ0v) is 26.6. The van der Waals surface area contributed by atoms with E-state index in [1.54, 1.807) is 0 Å². The fourth-order valence-electron chi connectivity index (χ4n) is 8.53. The smallest absolute Gasteiger partial charge is 0.146 e. The van der Waals surface area contributed by atoms with E-state index in [2.05, 4.69) is 37.5 Å². The van der Waals surface area contributed by atoms with E-state index >= 15 is 0 Å². The van der Waals surface area contributed by atoms with Crippen molar-refractivity contribution in [3.8, 4) is 11.8 Å². The van der Waals surface area contributed by atoms with Gasteiger partial charge in [0.05, 0.1) is 18.3 Å². The van der Waals surface area contributed by atoms with Crippen molar-refractivity contribution >= 4 is 6.29 Å². The van der Waals surface area contributed by atoms with Gasteiger partial charge < -0.3 is 20.1 Å². The summed E-state index contributed by atoms with van der Waals surface area (Å²) in [5, 5.41) is 34.4. The van der Waals surface area contributed by atoms with Gasteiger partial charge >= 0.3 is 0 Å². The molecular weight excluding hydrogens is 536 g/mol. The summed E-state index contributed by atoms with van der Waals surface area (Å²) in [5.41, 5.74) is 3.42. The van der Waals surface area contributed by atoms with E-state index in [1.807, 2.05) is 19.1 Å². The molecule has 5 atom stereocenters. The minimum atomic E-state index is -1.10. The first-order chi connectivity index (χ1) is 20.7. The minimum Gasteiger partial charge on any atom is -0.396 e. The molecule has 0 saturated heterocycles. The molecule has 0 aromatic heterocycles. The van der Waals surface area contributed by atoms with Gasteiger partial charge in [-0.15, -0.1) is 0 Å². The van der Waals surface area contributed by atoms with E-state index in [9.17, 15) is 20.1 Å². The molecule has 0 radical (unpaired) electrons. The monoisotopic (exact) mass is 590 g/mol. The zero-order valence-electron chi connectivity index (χ0n) is 26.6. The van der Waals surface area contributed by atoms with Gasteiger partial charge in [0.15, 0.2) is 0 Å². The Morgan fingerprint density at radius 1 is 1.16 bits per heavy atom. The highest BCUT2D eigenvalue weighted by molar-refractivity contribution is 5.76. The number of carbonyl (C=O) groups is 1. The van der Waals surface area contributed by atoms with Crippen LogP contribution in [-0.4, -0.2) is 53.1 Å². The van der Waals surface area contributed by atoms with Crippen LogP contribution in [0.25, 0.3) is 0 Å². The van der Waals surface area contributed by atoms with Crippen molar-refractivity contribution in [2.45, 2.75) is 115 Å². The third kappa shape index (κ3) is 7.71. The Bertz CT molecular complexity index is 1170. The molecule has 3 fully saturated rings. The van der Waals surface area contributed by atoms with Crippen LogP contribution < -0.4 is 0 Å². The molecule has 4 aliphatic rings. The molecule has 3 N–H and O–H groups in total. The fraction of sp³-hybridized carbons (Fsp3) is 0.658. The highest BCUT2D eigenvalue weighted by atomic mass is 16.5. The van der Waals surface area contributed by atoms with Crippen molar-refractivity contribution in [2.75, 3.05) is 19.8 Å². The molecule has 1 spiro atoms. The molecule has 3 aliphatic carbocycles. The molecule has 0 bridgehead atoms. The molecule has 236 valence electrons. The third-order valence-electron chi connectivity index (χ3n) is 10.9. The zero-order chi connectivity index (χ0) is 30.9. The van der Waals surface area contributed by atoms with E-state index < -0.39 is 17.1 Å². The molecule has 1 aliphatic heterocycles. The van der Waals surface area contributed by atoms with Gasteiger partial charge in [-0.3, -0.25) is 4.79 Å². The van der Waals surface area contributed by atoms with E-state index in [1.165, 1.54) is 12.0 Å². The van der Waals surface area contributed by atoms with Crippen molar-refractivity contribution in [2.24, 2.45) is 23.2 Å². The van der Waals surface area contributed by atoms with Crippen molar-refractivity contribution in [1.29, 1.82) is 0 Å². The van der Waals surface area contributed by atoms with Gasteiger partial charge in [0.2, 0.25) is 0 Å². The second kappa shape index (κ2) is 15.7. The summed E-state index contributed by atoms with van der Waals surface area (Å²) in [6.07, 6.45) is 20.4. The average Bonchev–Trinajstić information content (AvgIpc) is 3.33. The summed E-state index contributed by atoms with van der Waals surface area (Å²) in [6, 6.07) is 0. The van der Waals surface area contributed by atoms with Crippen LogP contribution in [-0.2, 0) is 9.53 Å². The molecule has 5 nitrogen and oxygen atoms in total. The number of aldehydes is 1. The highest BCUT2D eigenvalue weighted by Crippen LogP contribution is 2.63. The number of hydrogen-bond acceptors (Lipinski definition) is 5. The largest absolute Gasteiger partial charge is 0.396 e. The van der Waals surface area contributed by atoms with Gasteiger partial charge in [0.1, 0.15) is 12.9 Å². The predicted molar refractivity (Wildman–Crippen MR) is 173 cm³/mol. The molecule has 0 aromatic carbocycles. The second-order valence-electron chi connectivity index (χ2n) is 13.6. The Kier molecular flexibility index (Phi) is 12.3. The van der Waals surface area contributed by atoms with Crippen LogP contribution in [0.15, 0.2) is 58.7 Å². The lowest BCUT2D eigenvalue weighted by molar-refractivity contribution is -0.168. The highest BCUT2D eigenvalue weighted by Gasteiger charge is 2.64. The van der Waals surface area contributed by atoms with Crippen LogP contribution in [0.4, 0.5) is 0 Å². The standard InChI is InChI=1S/C38H54O5/c1-28-12-7-8-25-43-27-31(18-10-15-29(2)14-9-13-28)32-21-23-38(36(32)41)35(19-11-24-39)33(20-22-37(38,3)42)34(26-40)30-16-5-4-6-17-30/h10,13,15,18,26,30,32,35-36,39,41-42H,2,4-6,9,11-12,14,16-17,19-25,27H2,1,3H3/b15-10+,28-13+,31-18-,34-33-/t32-,35-,36-,37-,38-/m1/s1. The molecule has 0 aromatic rings. The lowest BCUT2D eigenvalue weighted by atomic mass is 9.52. The van der Waals surface area contributed by atoms with Gasteiger partial charge in [0, 0.05) is 24.4 Å². The molecule has 0 unspecified atom stereocenters. The Morgan fingerprint density at radius 2 is 1.95 bits per heavy atom. The number of aliphatic hydroxyl groups excluding tert-OH is 2. The van der Waals surface area contributed by atoms with Gasteiger partial charge in [-0.05, 0) is 101 Å². The molecule has 4 rings (SSSR count). The number of allylic oxidation sites excluding steroid dienone is 8. The minimum absolute atomic E-state index is 0.0468. The van der Waals surface area contributed by atoms with Crippen LogP contribution >= 0.6 is 0 Å². The molecular formula is C38H54O5. The van der Waals surface area contributed by atoms with E-state index in [0.717, 1.165) is 79.9 Å². The van der Waals surface area contributed by atoms with Crippen LogP contribution in [0, 0.1) is 35.0 Å². The Hall–Kier alpha value is -2.23. The van der Waals surface area contributed by atoms with E-state index in [4.69, 9.17) is 4.74 Å². The van der Waals surface area contributed by atoms with Crippen molar-refractivity contribution in [3.05, 3.63) is 58.7 Å². The number of ether oxygens (including phenoxy) is 1. The first-order valence-corrected chi connectivity index (χ1v) is 16.7. The maximum Gasteiger partial charge on any atom is 0.146 e. The lowest BCUT2D eigenvalue weighted by Crippen LogP contribution is -2.59. The van der Waals surface area contributed by atoms with Gasteiger partial charge in [0.25, 0.3) is 0 Å². The molecule has 3 saturated carbocycles. The lowest BCUT2D eigenvalue weighted by Gasteiger charge is -2.56. The molecule has 5 heteroatoms.